The minimum absolute atomic E-state index is 0.163. The summed E-state index contributed by atoms with van der Waals surface area (Å²) < 4.78 is 15.8. The number of alkyl halides is 1. The Labute approximate surface area is 98.8 Å². The minimum atomic E-state index is -4.23. The molecule has 0 bridgehead atoms. The van der Waals surface area contributed by atoms with Crippen molar-refractivity contribution >= 4 is 30.4 Å². The van der Waals surface area contributed by atoms with Gasteiger partial charge in [-0.1, -0.05) is 48.3 Å². The minimum Gasteiger partial charge on any atom is -0.303 e. The van der Waals surface area contributed by atoms with Crippen molar-refractivity contribution in [2.75, 3.05) is 11.0 Å². The summed E-state index contributed by atoms with van der Waals surface area (Å²) in [4.78, 5) is 16.8. The highest BCUT2D eigenvalue weighted by molar-refractivity contribution is 14.1. The number of rotatable bonds is 9. The van der Waals surface area contributed by atoms with Crippen LogP contribution in [0.2, 0.25) is 0 Å². The molecule has 0 aliphatic heterocycles. The zero-order valence-electron chi connectivity index (χ0n) is 8.19. The van der Waals surface area contributed by atoms with Crippen LogP contribution in [0.3, 0.4) is 0 Å². The van der Waals surface area contributed by atoms with Crippen LogP contribution in [0.15, 0.2) is 0 Å². The molecule has 0 unspecified atom stereocenters. The molecule has 0 saturated heterocycles. The SMILES string of the molecule is O=P(O)(O)OCCCCCCCCI. The third-order valence-electron chi connectivity index (χ3n) is 1.79. The highest BCUT2D eigenvalue weighted by Crippen LogP contribution is 2.35. The first-order chi connectivity index (χ1) is 6.56. The predicted molar refractivity (Wildman–Crippen MR) is 64.6 cm³/mol. The smallest absolute Gasteiger partial charge is 0.303 e. The second-order valence-corrected chi connectivity index (χ2v) is 5.45. The van der Waals surface area contributed by atoms with Crippen LogP contribution in [0.1, 0.15) is 38.5 Å². The largest absolute Gasteiger partial charge is 0.469 e. The number of phosphoric ester groups is 1. The van der Waals surface area contributed by atoms with E-state index in [2.05, 4.69) is 27.1 Å². The Hall–Kier alpha value is 0.840. The van der Waals surface area contributed by atoms with Crippen LogP contribution >= 0.6 is 30.4 Å². The summed E-state index contributed by atoms with van der Waals surface area (Å²) in [6.07, 6.45) is 6.57. The molecule has 0 fully saturated rings. The Morgan fingerprint density at radius 2 is 1.50 bits per heavy atom. The molecule has 0 saturated carbocycles. The van der Waals surface area contributed by atoms with Gasteiger partial charge in [-0.15, -0.1) is 0 Å². The molecule has 0 radical (unpaired) electrons. The maximum Gasteiger partial charge on any atom is 0.469 e. The molecule has 6 heteroatoms. The van der Waals surface area contributed by atoms with Gasteiger partial charge < -0.3 is 9.79 Å². The second-order valence-electron chi connectivity index (χ2n) is 3.13. The van der Waals surface area contributed by atoms with Crippen LogP contribution in [0, 0.1) is 0 Å². The van der Waals surface area contributed by atoms with Gasteiger partial charge in [-0.3, -0.25) is 4.52 Å². The molecule has 0 aromatic rings. The van der Waals surface area contributed by atoms with Gasteiger partial charge in [-0.2, -0.15) is 0 Å². The van der Waals surface area contributed by atoms with Crippen LogP contribution in [0.25, 0.3) is 0 Å². The average Bonchev–Trinajstić information content (AvgIpc) is 2.08. The monoisotopic (exact) mass is 336 g/mol. The lowest BCUT2D eigenvalue weighted by atomic mass is 10.1. The number of unbranched alkanes of at least 4 members (excludes halogenated alkanes) is 5. The van der Waals surface area contributed by atoms with E-state index in [0.717, 1.165) is 19.3 Å². The fourth-order valence-electron chi connectivity index (χ4n) is 1.09. The lowest BCUT2D eigenvalue weighted by Crippen LogP contribution is -1.92. The molecule has 0 aromatic carbocycles. The Kier molecular flexibility index (Phi) is 9.64. The molecule has 0 heterocycles. The van der Waals surface area contributed by atoms with Crippen LogP contribution < -0.4 is 0 Å². The van der Waals surface area contributed by atoms with Gasteiger partial charge >= 0.3 is 7.82 Å². The topological polar surface area (TPSA) is 66.8 Å². The normalized spacial score (nSPS) is 11.9. The molecule has 0 aliphatic rings. The Bertz CT molecular complexity index is 171. The summed E-state index contributed by atoms with van der Waals surface area (Å²) in [6, 6.07) is 0. The Morgan fingerprint density at radius 3 is 2.00 bits per heavy atom. The summed E-state index contributed by atoms with van der Waals surface area (Å²) in [6.45, 7) is 0.163. The summed E-state index contributed by atoms with van der Waals surface area (Å²) >= 11 is 2.36. The maximum atomic E-state index is 10.3. The van der Waals surface area contributed by atoms with E-state index in [0.29, 0.717) is 0 Å². The first kappa shape index (κ1) is 14.8. The maximum absolute atomic E-state index is 10.3. The van der Waals surface area contributed by atoms with Gasteiger partial charge in [0, 0.05) is 0 Å². The van der Waals surface area contributed by atoms with Crippen molar-refractivity contribution in [1.82, 2.24) is 0 Å². The fraction of sp³-hybridized carbons (Fsp3) is 1.00. The first-order valence-electron chi connectivity index (χ1n) is 4.82. The Balaban J connectivity index is 3.03. The van der Waals surface area contributed by atoms with Crippen molar-refractivity contribution in [2.45, 2.75) is 38.5 Å². The Morgan fingerprint density at radius 1 is 1.00 bits per heavy atom. The summed E-state index contributed by atoms with van der Waals surface area (Å²) in [5.74, 6) is 0. The number of hydrogen-bond donors (Lipinski definition) is 2. The van der Waals surface area contributed by atoms with E-state index in [1.165, 1.54) is 23.7 Å². The molecule has 0 aliphatic carbocycles. The molecular weight excluding hydrogens is 318 g/mol. The first-order valence-corrected chi connectivity index (χ1v) is 7.88. The quantitative estimate of drug-likeness (QED) is 0.294. The van der Waals surface area contributed by atoms with E-state index in [-0.39, 0.29) is 6.61 Å². The summed E-state index contributed by atoms with van der Waals surface area (Å²) in [5.41, 5.74) is 0. The lowest BCUT2D eigenvalue weighted by molar-refractivity contribution is 0.193. The molecule has 0 amide bonds. The number of halogens is 1. The van der Waals surface area contributed by atoms with Crippen molar-refractivity contribution in [3.63, 3.8) is 0 Å². The van der Waals surface area contributed by atoms with Gasteiger partial charge in [-0.25, -0.2) is 4.57 Å². The van der Waals surface area contributed by atoms with E-state index < -0.39 is 7.82 Å². The van der Waals surface area contributed by atoms with Crippen LogP contribution in [0.5, 0.6) is 0 Å². The average molecular weight is 336 g/mol. The molecule has 0 rings (SSSR count). The van der Waals surface area contributed by atoms with Gasteiger partial charge in [0.25, 0.3) is 0 Å². The molecule has 2 N–H and O–H groups in total. The van der Waals surface area contributed by atoms with Gasteiger partial charge in [0.1, 0.15) is 0 Å². The molecule has 0 aromatic heterocycles. The van der Waals surface area contributed by atoms with Gasteiger partial charge in [0.2, 0.25) is 0 Å². The zero-order valence-corrected chi connectivity index (χ0v) is 11.2. The predicted octanol–water partition coefficient (Wildman–Crippen LogP) is 2.87. The third kappa shape index (κ3) is 12.8. The second kappa shape index (κ2) is 9.09. The molecule has 0 atom stereocenters. The zero-order chi connectivity index (χ0) is 10.9. The fourth-order valence-corrected chi connectivity index (χ4v) is 1.99. The molecule has 86 valence electrons. The highest BCUT2D eigenvalue weighted by atomic mass is 127. The number of phosphoric acid groups is 1. The third-order valence-corrected chi connectivity index (χ3v) is 3.07. The summed E-state index contributed by atoms with van der Waals surface area (Å²) in [5, 5.41) is 0. The van der Waals surface area contributed by atoms with E-state index in [1.54, 1.807) is 0 Å². The van der Waals surface area contributed by atoms with Crippen LogP contribution in [-0.4, -0.2) is 20.8 Å². The standard InChI is InChI=1S/C8H18IO4P/c9-7-5-3-1-2-4-6-8-13-14(10,11)12/h1-8H2,(H2,10,11,12). The van der Waals surface area contributed by atoms with Crippen molar-refractivity contribution < 1.29 is 18.9 Å². The van der Waals surface area contributed by atoms with E-state index in [4.69, 9.17) is 9.79 Å². The van der Waals surface area contributed by atoms with E-state index >= 15 is 0 Å². The highest BCUT2D eigenvalue weighted by Gasteiger charge is 2.12. The van der Waals surface area contributed by atoms with Crippen molar-refractivity contribution in [3.05, 3.63) is 0 Å². The molecule has 0 spiro atoms. The van der Waals surface area contributed by atoms with Crippen molar-refractivity contribution in [2.24, 2.45) is 0 Å². The molecule has 4 nitrogen and oxygen atoms in total. The molecule has 14 heavy (non-hydrogen) atoms. The van der Waals surface area contributed by atoms with E-state index in [9.17, 15) is 4.57 Å². The lowest BCUT2D eigenvalue weighted by Gasteiger charge is -2.04. The van der Waals surface area contributed by atoms with Gasteiger partial charge in [0.15, 0.2) is 0 Å². The molecular formula is C8H18IO4P. The van der Waals surface area contributed by atoms with Crippen LogP contribution in [0.4, 0.5) is 0 Å². The van der Waals surface area contributed by atoms with E-state index in [1.807, 2.05) is 0 Å². The van der Waals surface area contributed by atoms with Gasteiger partial charge in [-0.05, 0) is 17.3 Å². The number of hydrogen-bond acceptors (Lipinski definition) is 2. The van der Waals surface area contributed by atoms with Crippen molar-refractivity contribution in [3.8, 4) is 0 Å². The van der Waals surface area contributed by atoms with Crippen LogP contribution in [-0.2, 0) is 9.09 Å². The van der Waals surface area contributed by atoms with Gasteiger partial charge in [0.05, 0.1) is 6.61 Å². The summed E-state index contributed by atoms with van der Waals surface area (Å²) in [7, 11) is -4.23. The van der Waals surface area contributed by atoms with Crippen molar-refractivity contribution in [1.29, 1.82) is 0 Å².